The number of nitrogens with one attached hydrogen (secondary N) is 2. The maximum absolute atomic E-state index is 13.1. The Kier molecular flexibility index (Phi) is 8.50. The number of guanidine groups is 1. The summed E-state index contributed by atoms with van der Waals surface area (Å²) < 4.78 is 18.0. The molecule has 0 bridgehead atoms. The molecule has 1 amide bonds. The molecule has 1 heterocycles. The third kappa shape index (κ3) is 6.06. The molecule has 0 saturated heterocycles. The van der Waals surface area contributed by atoms with E-state index in [9.17, 15) is 4.79 Å². The van der Waals surface area contributed by atoms with Crippen LogP contribution in [0.2, 0.25) is 0 Å². The highest BCUT2D eigenvalue weighted by atomic mass is 16.5. The lowest BCUT2D eigenvalue weighted by molar-refractivity contribution is 0.0976. The Labute approximate surface area is 199 Å². The van der Waals surface area contributed by atoms with E-state index in [1.54, 1.807) is 12.1 Å². The van der Waals surface area contributed by atoms with Crippen molar-refractivity contribution in [3.05, 3.63) is 65.5 Å². The minimum Gasteiger partial charge on any atom is -0.493 e. The van der Waals surface area contributed by atoms with Crippen LogP contribution in [0.25, 0.3) is 0 Å². The lowest BCUT2D eigenvalue weighted by Crippen LogP contribution is -2.36. The van der Waals surface area contributed by atoms with Gasteiger partial charge in [0.25, 0.3) is 5.91 Å². The van der Waals surface area contributed by atoms with E-state index in [4.69, 9.17) is 14.2 Å². The molecule has 0 saturated carbocycles. The molecule has 0 radical (unpaired) electrons. The maximum atomic E-state index is 13.1. The van der Waals surface area contributed by atoms with Crippen molar-refractivity contribution >= 4 is 17.6 Å². The first-order valence-electron chi connectivity index (χ1n) is 11.0. The van der Waals surface area contributed by atoms with Gasteiger partial charge >= 0.3 is 0 Å². The molecule has 0 atom stereocenters. The summed E-state index contributed by atoms with van der Waals surface area (Å²) in [6.07, 6.45) is 2.99. The van der Waals surface area contributed by atoms with Gasteiger partial charge in [-0.2, -0.15) is 5.10 Å². The van der Waals surface area contributed by atoms with Crippen LogP contribution in [0.4, 0.5) is 5.69 Å². The van der Waals surface area contributed by atoms with Gasteiger partial charge in [-0.25, -0.2) is 4.99 Å². The highest BCUT2D eigenvalue weighted by molar-refractivity contribution is 6.10. The van der Waals surface area contributed by atoms with Gasteiger partial charge < -0.3 is 19.5 Å². The zero-order valence-corrected chi connectivity index (χ0v) is 20.2. The summed E-state index contributed by atoms with van der Waals surface area (Å²) in [5, 5.41) is 10.6. The predicted octanol–water partition coefficient (Wildman–Crippen LogP) is 4.03. The van der Waals surface area contributed by atoms with Crippen molar-refractivity contribution in [2.75, 3.05) is 26.6 Å². The molecule has 0 unspecified atom stereocenters. The second-order valence-corrected chi connectivity index (χ2v) is 7.53. The van der Waals surface area contributed by atoms with E-state index in [-0.39, 0.29) is 5.91 Å². The summed E-state index contributed by atoms with van der Waals surface area (Å²) >= 11 is 0. The molecule has 0 aliphatic heterocycles. The molecule has 9 nitrogen and oxygen atoms in total. The standard InChI is InChI=1S/C25H31N5O4/c1-6-12-30-16-19(17(2)29-30)15-26-25(27-20-10-8-7-9-11-20)28-24(31)18-13-21(32-3)23(34-5)22(14-18)33-4/h7-11,13-14,16H,6,12,15H2,1-5H3,(H2,26,27,28,31). The van der Waals surface area contributed by atoms with Crippen LogP contribution in [0.15, 0.2) is 53.7 Å². The fourth-order valence-corrected chi connectivity index (χ4v) is 3.38. The van der Waals surface area contributed by atoms with Crippen LogP contribution in [-0.2, 0) is 13.1 Å². The van der Waals surface area contributed by atoms with Crippen molar-refractivity contribution in [3.8, 4) is 17.2 Å². The molecule has 9 heteroatoms. The van der Waals surface area contributed by atoms with Crippen LogP contribution in [-0.4, -0.2) is 43.0 Å². The molecule has 0 aliphatic rings. The number of anilines is 1. The lowest BCUT2D eigenvalue weighted by Gasteiger charge is -2.15. The third-order valence-corrected chi connectivity index (χ3v) is 5.10. The molecule has 2 aromatic carbocycles. The van der Waals surface area contributed by atoms with Gasteiger partial charge in [-0.15, -0.1) is 0 Å². The van der Waals surface area contributed by atoms with Crippen molar-refractivity contribution in [2.45, 2.75) is 33.4 Å². The van der Waals surface area contributed by atoms with Gasteiger partial charge in [-0.1, -0.05) is 25.1 Å². The zero-order valence-electron chi connectivity index (χ0n) is 20.2. The largest absolute Gasteiger partial charge is 0.493 e. The summed E-state index contributed by atoms with van der Waals surface area (Å²) in [5.41, 5.74) is 3.03. The van der Waals surface area contributed by atoms with E-state index in [1.165, 1.54) is 21.3 Å². The van der Waals surface area contributed by atoms with Crippen LogP contribution in [0, 0.1) is 6.92 Å². The zero-order chi connectivity index (χ0) is 24.5. The van der Waals surface area contributed by atoms with Crippen LogP contribution in [0.5, 0.6) is 17.2 Å². The average molecular weight is 466 g/mol. The SMILES string of the molecule is CCCn1cc(CN=C(NC(=O)c2cc(OC)c(OC)c(OC)c2)Nc2ccccc2)c(C)n1. The second-order valence-electron chi connectivity index (χ2n) is 7.53. The number of aryl methyl sites for hydroxylation is 2. The smallest absolute Gasteiger partial charge is 0.258 e. The summed E-state index contributed by atoms with van der Waals surface area (Å²) in [5.74, 6) is 1.13. The Bertz CT molecular complexity index is 1120. The minimum atomic E-state index is -0.375. The van der Waals surface area contributed by atoms with Gasteiger partial charge in [-0.05, 0) is 37.6 Å². The Morgan fingerprint density at radius 3 is 2.32 bits per heavy atom. The summed E-state index contributed by atoms with van der Waals surface area (Å²) in [6.45, 7) is 5.27. The lowest BCUT2D eigenvalue weighted by atomic mass is 10.1. The molecule has 1 aromatic heterocycles. The van der Waals surface area contributed by atoms with Crippen molar-refractivity contribution in [1.29, 1.82) is 0 Å². The Balaban J connectivity index is 1.88. The molecule has 0 spiro atoms. The molecule has 0 fully saturated rings. The Morgan fingerprint density at radius 1 is 1.06 bits per heavy atom. The Hall–Kier alpha value is -4.01. The number of nitrogens with zero attached hydrogens (tertiary/aromatic N) is 3. The highest BCUT2D eigenvalue weighted by Crippen LogP contribution is 2.38. The van der Waals surface area contributed by atoms with E-state index in [0.717, 1.165) is 29.9 Å². The van der Waals surface area contributed by atoms with Gasteiger partial charge in [0, 0.05) is 29.6 Å². The number of ether oxygens (including phenoxy) is 3. The maximum Gasteiger partial charge on any atom is 0.258 e. The van der Waals surface area contributed by atoms with E-state index >= 15 is 0 Å². The molecule has 3 aromatic rings. The number of carbonyl (C=O) groups excluding carboxylic acids is 1. The topological polar surface area (TPSA) is 99.0 Å². The van der Waals surface area contributed by atoms with E-state index in [1.807, 2.05) is 48.1 Å². The van der Waals surface area contributed by atoms with Gasteiger partial charge in [0.2, 0.25) is 11.7 Å². The molecule has 34 heavy (non-hydrogen) atoms. The number of para-hydroxylation sites is 1. The van der Waals surface area contributed by atoms with Crippen molar-refractivity contribution < 1.29 is 19.0 Å². The molecule has 3 rings (SSSR count). The number of aliphatic imine (C=N–C) groups is 1. The fraction of sp³-hybridized carbons (Fsp3) is 0.320. The second kappa shape index (κ2) is 11.7. The first kappa shape index (κ1) is 24.6. The van der Waals surface area contributed by atoms with E-state index in [2.05, 4.69) is 27.6 Å². The molecule has 180 valence electrons. The third-order valence-electron chi connectivity index (χ3n) is 5.10. The number of methoxy groups -OCH3 is 3. The summed E-state index contributed by atoms with van der Waals surface area (Å²) in [7, 11) is 4.52. The molecule has 2 N–H and O–H groups in total. The van der Waals surface area contributed by atoms with E-state index < -0.39 is 0 Å². The first-order valence-corrected chi connectivity index (χ1v) is 11.0. The van der Waals surface area contributed by atoms with Crippen molar-refractivity contribution in [3.63, 3.8) is 0 Å². The van der Waals surface area contributed by atoms with Crippen LogP contribution >= 0.6 is 0 Å². The number of hydrogen-bond donors (Lipinski definition) is 2. The van der Waals surface area contributed by atoms with Crippen molar-refractivity contribution in [2.24, 2.45) is 4.99 Å². The van der Waals surface area contributed by atoms with Gasteiger partial charge in [-0.3, -0.25) is 14.8 Å². The van der Waals surface area contributed by atoms with E-state index in [0.29, 0.717) is 35.3 Å². The number of amides is 1. The van der Waals surface area contributed by atoms with Crippen LogP contribution in [0.3, 0.4) is 0 Å². The number of benzene rings is 2. The molecular formula is C25H31N5O4. The van der Waals surface area contributed by atoms with Gasteiger partial charge in [0.15, 0.2) is 11.5 Å². The van der Waals surface area contributed by atoms with Crippen LogP contribution < -0.4 is 24.8 Å². The fourth-order valence-electron chi connectivity index (χ4n) is 3.38. The molecular weight excluding hydrogens is 434 g/mol. The molecule has 0 aliphatic carbocycles. The number of aromatic nitrogens is 2. The number of hydrogen-bond acceptors (Lipinski definition) is 6. The predicted molar refractivity (Wildman–Crippen MR) is 132 cm³/mol. The normalized spacial score (nSPS) is 11.1. The monoisotopic (exact) mass is 465 g/mol. The number of rotatable bonds is 9. The van der Waals surface area contributed by atoms with Gasteiger partial charge in [0.05, 0.1) is 33.6 Å². The average Bonchev–Trinajstić information content (AvgIpc) is 3.21. The summed E-state index contributed by atoms with van der Waals surface area (Å²) in [6, 6.07) is 12.7. The minimum absolute atomic E-state index is 0.313. The Morgan fingerprint density at radius 2 is 1.74 bits per heavy atom. The highest BCUT2D eigenvalue weighted by Gasteiger charge is 2.18. The first-order chi connectivity index (χ1) is 16.5. The van der Waals surface area contributed by atoms with Gasteiger partial charge in [0.1, 0.15) is 0 Å². The summed E-state index contributed by atoms with van der Waals surface area (Å²) in [4.78, 5) is 17.8. The van der Waals surface area contributed by atoms with Crippen LogP contribution in [0.1, 0.15) is 35.0 Å². The quantitative estimate of drug-likeness (QED) is 0.366. The number of carbonyl (C=O) groups is 1. The van der Waals surface area contributed by atoms with Crippen molar-refractivity contribution in [1.82, 2.24) is 15.1 Å².